The van der Waals surface area contributed by atoms with Crippen molar-refractivity contribution in [1.29, 1.82) is 0 Å². The first kappa shape index (κ1) is 24.6. The van der Waals surface area contributed by atoms with E-state index >= 15 is 0 Å². The van der Waals surface area contributed by atoms with Crippen molar-refractivity contribution in [2.45, 2.75) is 10.1 Å². The van der Waals surface area contributed by atoms with E-state index in [1.165, 1.54) is 11.8 Å². The van der Waals surface area contributed by atoms with Gasteiger partial charge in [0.25, 0.3) is 5.91 Å². The van der Waals surface area contributed by atoms with Crippen molar-refractivity contribution in [2.24, 2.45) is 0 Å². The van der Waals surface area contributed by atoms with Gasteiger partial charge >= 0.3 is 0 Å². The summed E-state index contributed by atoms with van der Waals surface area (Å²) >= 11 is 7.46. The van der Waals surface area contributed by atoms with Crippen LogP contribution in [0.2, 0.25) is 5.02 Å². The number of fused-ring (bicyclic) bond motifs is 1. The number of benzene rings is 5. The van der Waals surface area contributed by atoms with Crippen LogP contribution in [-0.2, 0) is 4.79 Å². The highest BCUT2D eigenvalue weighted by Gasteiger charge is 2.23. The highest BCUT2D eigenvalue weighted by atomic mass is 35.5. The Morgan fingerprint density at radius 1 is 0.703 bits per heavy atom. The molecule has 0 radical (unpaired) electrons. The third-order valence-electron chi connectivity index (χ3n) is 5.84. The van der Waals surface area contributed by atoms with Gasteiger partial charge in [0.15, 0.2) is 0 Å². The number of thioether (sulfide) groups is 1. The lowest BCUT2D eigenvalue weighted by atomic mass is 10.1. The number of amides is 2. The Balaban J connectivity index is 1.34. The highest BCUT2D eigenvalue weighted by molar-refractivity contribution is 8.00. The Morgan fingerprint density at radius 2 is 1.41 bits per heavy atom. The lowest BCUT2D eigenvalue weighted by Gasteiger charge is -2.18. The average molecular weight is 523 g/mol. The fourth-order valence-corrected chi connectivity index (χ4v) is 5.23. The van der Waals surface area contributed by atoms with E-state index in [1.807, 2.05) is 97.1 Å². The second kappa shape index (κ2) is 11.3. The van der Waals surface area contributed by atoms with E-state index < -0.39 is 5.25 Å². The van der Waals surface area contributed by atoms with Crippen LogP contribution in [-0.4, -0.2) is 11.8 Å². The van der Waals surface area contributed by atoms with Crippen LogP contribution in [0.3, 0.4) is 0 Å². The second-order valence-corrected chi connectivity index (χ2v) is 10.0. The Morgan fingerprint density at radius 3 is 2.19 bits per heavy atom. The normalized spacial score (nSPS) is 11.6. The van der Waals surface area contributed by atoms with E-state index in [1.54, 1.807) is 24.3 Å². The van der Waals surface area contributed by atoms with Gasteiger partial charge in [0.2, 0.25) is 5.91 Å². The number of carbonyl (C=O) groups excluding carboxylic acids is 2. The van der Waals surface area contributed by atoms with Crippen LogP contribution in [0.1, 0.15) is 21.2 Å². The Bertz CT molecular complexity index is 1550. The fourth-order valence-electron chi connectivity index (χ4n) is 4.02. The molecule has 0 fully saturated rings. The summed E-state index contributed by atoms with van der Waals surface area (Å²) in [6.45, 7) is 0. The Labute approximate surface area is 224 Å². The first-order valence-electron chi connectivity index (χ1n) is 11.7. The number of halogens is 1. The molecule has 0 aliphatic heterocycles. The molecule has 182 valence electrons. The molecule has 2 N–H and O–H groups in total. The number of rotatable bonds is 7. The summed E-state index contributed by atoms with van der Waals surface area (Å²) in [4.78, 5) is 27.0. The van der Waals surface area contributed by atoms with Gasteiger partial charge in [0.05, 0.1) is 0 Å². The first-order valence-corrected chi connectivity index (χ1v) is 13.0. The van der Waals surface area contributed by atoms with Crippen molar-refractivity contribution >= 4 is 57.3 Å². The van der Waals surface area contributed by atoms with Gasteiger partial charge in [-0.1, -0.05) is 84.4 Å². The van der Waals surface area contributed by atoms with Crippen LogP contribution in [0.4, 0.5) is 11.4 Å². The first-order chi connectivity index (χ1) is 18.1. The van der Waals surface area contributed by atoms with Crippen LogP contribution >= 0.6 is 23.4 Å². The topological polar surface area (TPSA) is 58.2 Å². The summed E-state index contributed by atoms with van der Waals surface area (Å²) in [5, 5.41) is 8.13. The van der Waals surface area contributed by atoms with Crippen LogP contribution in [0.15, 0.2) is 126 Å². The molecular weight excluding hydrogens is 500 g/mol. The van der Waals surface area contributed by atoms with Gasteiger partial charge in [0, 0.05) is 32.2 Å². The predicted octanol–water partition coefficient (Wildman–Crippen LogP) is 8.22. The van der Waals surface area contributed by atoms with Crippen LogP contribution in [0.25, 0.3) is 10.8 Å². The largest absolute Gasteiger partial charge is 0.324 e. The summed E-state index contributed by atoms with van der Waals surface area (Å²) < 4.78 is 0. The lowest BCUT2D eigenvalue weighted by molar-refractivity contribution is -0.115. The molecular formula is C31H23ClN2O2S. The van der Waals surface area contributed by atoms with E-state index in [2.05, 4.69) is 10.6 Å². The van der Waals surface area contributed by atoms with Crippen molar-refractivity contribution in [3.05, 3.63) is 137 Å². The monoisotopic (exact) mass is 522 g/mol. The van der Waals surface area contributed by atoms with Gasteiger partial charge in [0.1, 0.15) is 5.25 Å². The molecule has 4 nitrogen and oxygen atoms in total. The van der Waals surface area contributed by atoms with Crippen molar-refractivity contribution in [3.8, 4) is 0 Å². The third-order valence-corrected chi connectivity index (χ3v) is 7.34. The van der Waals surface area contributed by atoms with Crippen LogP contribution in [0, 0.1) is 0 Å². The van der Waals surface area contributed by atoms with Gasteiger partial charge in [-0.05, 0) is 59.5 Å². The molecule has 0 heterocycles. The van der Waals surface area contributed by atoms with Gasteiger partial charge < -0.3 is 10.6 Å². The standard InChI is InChI=1S/C31H23ClN2O2S/c32-24-13-6-12-23(20-24)30(35)33-25-16-18-26(19-17-25)37-29(22-9-2-1-3-10-22)31(36)34-28-15-7-11-21-8-4-5-14-27(21)28/h1-20,29H,(H,33,35)(H,34,36). The molecule has 0 bridgehead atoms. The maximum absolute atomic E-state index is 13.6. The van der Waals surface area contributed by atoms with Gasteiger partial charge in [-0.15, -0.1) is 11.8 Å². The molecule has 2 amide bonds. The second-order valence-electron chi connectivity index (χ2n) is 8.41. The maximum atomic E-state index is 13.6. The fraction of sp³-hybridized carbons (Fsp3) is 0.0323. The zero-order valence-corrected chi connectivity index (χ0v) is 21.3. The minimum Gasteiger partial charge on any atom is -0.324 e. The minimum atomic E-state index is -0.466. The summed E-state index contributed by atoms with van der Waals surface area (Å²) in [7, 11) is 0. The van der Waals surface area contributed by atoms with Gasteiger partial charge in [-0.3, -0.25) is 9.59 Å². The van der Waals surface area contributed by atoms with Gasteiger partial charge in [-0.25, -0.2) is 0 Å². The SMILES string of the molecule is O=C(Nc1ccc(SC(C(=O)Nc2cccc3ccccc23)c2ccccc2)cc1)c1cccc(Cl)c1. The smallest absolute Gasteiger partial charge is 0.255 e. The summed E-state index contributed by atoms with van der Waals surface area (Å²) in [5.41, 5.74) is 2.83. The molecule has 0 saturated carbocycles. The third kappa shape index (κ3) is 6.02. The molecule has 5 aromatic carbocycles. The predicted molar refractivity (Wildman–Crippen MR) is 153 cm³/mol. The molecule has 0 aromatic heterocycles. The molecule has 6 heteroatoms. The molecule has 0 spiro atoms. The zero-order valence-electron chi connectivity index (χ0n) is 19.7. The van der Waals surface area contributed by atoms with Crippen molar-refractivity contribution in [3.63, 3.8) is 0 Å². The molecule has 1 atom stereocenters. The molecule has 1 unspecified atom stereocenters. The van der Waals surface area contributed by atoms with Crippen LogP contribution in [0.5, 0.6) is 0 Å². The van der Waals surface area contributed by atoms with E-state index in [4.69, 9.17) is 11.6 Å². The van der Waals surface area contributed by atoms with Crippen LogP contribution < -0.4 is 10.6 Å². The zero-order chi connectivity index (χ0) is 25.6. The molecule has 5 rings (SSSR count). The Hall–Kier alpha value is -4.06. The van der Waals surface area contributed by atoms with Crippen molar-refractivity contribution < 1.29 is 9.59 Å². The number of nitrogens with one attached hydrogen (secondary N) is 2. The van der Waals surface area contributed by atoms with E-state index in [0.29, 0.717) is 16.3 Å². The summed E-state index contributed by atoms with van der Waals surface area (Å²) in [6.07, 6.45) is 0. The number of carbonyl (C=O) groups is 2. The summed E-state index contributed by atoms with van der Waals surface area (Å²) in [6, 6.07) is 37.9. The van der Waals surface area contributed by atoms with E-state index in [9.17, 15) is 9.59 Å². The minimum absolute atomic E-state index is 0.106. The van der Waals surface area contributed by atoms with Gasteiger partial charge in [-0.2, -0.15) is 0 Å². The lowest BCUT2D eigenvalue weighted by Crippen LogP contribution is -2.19. The molecule has 37 heavy (non-hydrogen) atoms. The molecule has 0 saturated heterocycles. The van der Waals surface area contributed by atoms with E-state index in [-0.39, 0.29) is 11.8 Å². The van der Waals surface area contributed by atoms with E-state index in [0.717, 1.165) is 26.9 Å². The number of hydrogen-bond acceptors (Lipinski definition) is 3. The highest BCUT2D eigenvalue weighted by Crippen LogP contribution is 2.37. The summed E-state index contributed by atoms with van der Waals surface area (Å²) in [5.74, 6) is -0.342. The molecule has 0 aliphatic carbocycles. The molecule has 5 aromatic rings. The average Bonchev–Trinajstić information content (AvgIpc) is 2.93. The Kier molecular flexibility index (Phi) is 7.54. The maximum Gasteiger partial charge on any atom is 0.255 e. The quantitative estimate of drug-likeness (QED) is 0.212. The number of hydrogen-bond donors (Lipinski definition) is 2. The van der Waals surface area contributed by atoms with Crippen molar-refractivity contribution in [1.82, 2.24) is 0 Å². The number of anilines is 2. The molecule has 0 aliphatic rings. The van der Waals surface area contributed by atoms with Crippen molar-refractivity contribution in [2.75, 3.05) is 10.6 Å².